The number of nitrogens with two attached hydrogens (primary N) is 1. The van der Waals surface area contributed by atoms with E-state index in [1.165, 1.54) is 0 Å². The number of ether oxygens (including phenoxy) is 1. The number of nitrogens with zero attached hydrogens (tertiary/aromatic N) is 1. The maximum atomic E-state index is 6.20. The molecule has 1 aromatic rings. The molecular formula is C11H16N2O. The van der Waals surface area contributed by atoms with E-state index in [0.717, 1.165) is 36.3 Å². The second-order valence-electron chi connectivity index (χ2n) is 3.84. The van der Waals surface area contributed by atoms with Crippen LogP contribution in [0.4, 0.5) is 0 Å². The topological polar surface area (TPSA) is 48.1 Å². The summed E-state index contributed by atoms with van der Waals surface area (Å²) in [6.45, 7) is 2.09. The molecule has 1 aliphatic rings. The van der Waals surface area contributed by atoms with Crippen LogP contribution in [0.25, 0.3) is 0 Å². The van der Waals surface area contributed by atoms with Gasteiger partial charge in [0.1, 0.15) is 5.75 Å². The highest BCUT2D eigenvalue weighted by Crippen LogP contribution is 2.47. The Balaban J connectivity index is 2.52. The highest BCUT2D eigenvalue weighted by Gasteiger charge is 2.43. The molecule has 0 atom stereocenters. The Labute approximate surface area is 84.3 Å². The quantitative estimate of drug-likeness (QED) is 0.791. The predicted molar refractivity (Wildman–Crippen MR) is 55.3 cm³/mol. The summed E-state index contributed by atoms with van der Waals surface area (Å²) in [7, 11) is 1.68. The van der Waals surface area contributed by atoms with E-state index >= 15 is 0 Å². The van der Waals surface area contributed by atoms with Gasteiger partial charge in [0.05, 0.1) is 7.11 Å². The molecule has 1 saturated carbocycles. The minimum Gasteiger partial charge on any atom is -0.496 e. The van der Waals surface area contributed by atoms with E-state index in [1.807, 2.05) is 6.07 Å². The van der Waals surface area contributed by atoms with E-state index in [-0.39, 0.29) is 5.54 Å². The Hall–Kier alpha value is -1.09. The van der Waals surface area contributed by atoms with Crippen LogP contribution >= 0.6 is 0 Å². The van der Waals surface area contributed by atoms with E-state index in [0.29, 0.717) is 0 Å². The summed E-state index contributed by atoms with van der Waals surface area (Å²) < 4.78 is 5.33. The summed E-state index contributed by atoms with van der Waals surface area (Å²) >= 11 is 0. The Kier molecular flexibility index (Phi) is 2.19. The van der Waals surface area contributed by atoms with Gasteiger partial charge in [-0.25, -0.2) is 0 Å². The van der Waals surface area contributed by atoms with Gasteiger partial charge in [-0.3, -0.25) is 4.98 Å². The van der Waals surface area contributed by atoms with Crippen LogP contribution in [0, 0.1) is 0 Å². The highest BCUT2D eigenvalue weighted by atomic mass is 16.5. The Morgan fingerprint density at radius 1 is 1.57 bits per heavy atom. The van der Waals surface area contributed by atoms with Crippen molar-refractivity contribution in [2.24, 2.45) is 5.73 Å². The molecule has 0 spiro atoms. The van der Waals surface area contributed by atoms with Gasteiger partial charge in [-0.1, -0.05) is 6.92 Å². The van der Waals surface area contributed by atoms with Crippen molar-refractivity contribution >= 4 is 0 Å². The van der Waals surface area contributed by atoms with Crippen molar-refractivity contribution in [2.75, 3.05) is 7.11 Å². The van der Waals surface area contributed by atoms with Gasteiger partial charge in [0.25, 0.3) is 0 Å². The van der Waals surface area contributed by atoms with Crippen LogP contribution in [-0.2, 0) is 12.0 Å². The molecular weight excluding hydrogens is 176 g/mol. The maximum Gasteiger partial charge on any atom is 0.127 e. The molecule has 14 heavy (non-hydrogen) atoms. The fourth-order valence-corrected chi connectivity index (χ4v) is 1.84. The fraction of sp³-hybridized carbons (Fsp3) is 0.545. The molecule has 2 rings (SSSR count). The minimum absolute atomic E-state index is 0.162. The number of pyridine rings is 1. The standard InChI is InChI=1S/C11H16N2O/c1-3-8-10(11(12)5-6-11)9(14-2)4-7-13-8/h4,7H,3,5-6,12H2,1-2H3. The lowest BCUT2D eigenvalue weighted by atomic mass is 10.0. The molecule has 0 aliphatic heterocycles. The van der Waals surface area contributed by atoms with Gasteiger partial charge in [-0.15, -0.1) is 0 Å². The molecule has 2 N–H and O–H groups in total. The Morgan fingerprint density at radius 2 is 2.29 bits per heavy atom. The number of aromatic nitrogens is 1. The molecule has 0 radical (unpaired) electrons. The Morgan fingerprint density at radius 3 is 2.79 bits per heavy atom. The number of rotatable bonds is 3. The molecule has 3 nitrogen and oxygen atoms in total. The lowest BCUT2D eigenvalue weighted by molar-refractivity contribution is 0.402. The molecule has 0 amide bonds. The van der Waals surface area contributed by atoms with Gasteiger partial charge in [0.15, 0.2) is 0 Å². The summed E-state index contributed by atoms with van der Waals surface area (Å²) in [6.07, 6.45) is 4.78. The van der Waals surface area contributed by atoms with Gasteiger partial charge in [0.2, 0.25) is 0 Å². The first kappa shape index (κ1) is 9.46. The van der Waals surface area contributed by atoms with Crippen LogP contribution in [0.1, 0.15) is 31.0 Å². The fourth-order valence-electron chi connectivity index (χ4n) is 1.84. The van der Waals surface area contributed by atoms with Gasteiger partial charge in [-0.05, 0) is 25.3 Å². The normalized spacial score (nSPS) is 17.9. The van der Waals surface area contributed by atoms with Crippen LogP contribution < -0.4 is 10.5 Å². The van der Waals surface area contributed by atoms with Crippen LogP contribution in [-0.4, -0.2) is 12.1 Å². The SMILES string of the molecule is CCc1nccc(OC)c1C1(N)CC1. The van der Waals surface area contributed by atoms with Crippen molar-refractivity contribution in [1.29, 1.82) is 0 Å². The van der Waals surface area contributed by atoms with Gasteiger partial charge >= 0.3 is 0 Å². The zero-order chi connectivity index (χ0) is 10.2. The number of hydrogen-bond donors (Lipinski definition) is 1. The van der Waals surface area contributed by atoms with Crippen LogP contribution in [0.3, 0.4) is 0 Å². The van der Waals surface area contributed by atoms with E-state index in [4.69, 9.17) is 10.5 Å². The first-order chi connectivity index (χ1) is 6.71. The number of methoxy groups -OCH3 is 1. The molecule has 3 heteroatoms. The van der Waals surface area contributed by atoms with Crippen molar-refractivity contribution in [3.63, 3.8) is 0 Å². The smallest absolute Gasteiger partial charge is 0.127 e. The summed E-state index contributed by atoms with van der Waals surface area (Å²) in [6, 6.07) is 1.89. The summed E-state index contributed by atoms with van der Waals surface area (Å²) in [5.41, 5.74) is 8.23. The van der Waals surface area contributed by atoms with Gasteiger partial charge < -0.3 is 10.5 Å². The third-order valence-corrected chi connectivity index (χ3v) is 2.83. The maximum absolute atomic E-state index is 6.20. The van der Waals surface area contributed by atoms with Crippen LogP contribution in [0.2, 0.25) is 0 Å². The molecule has 0 bridgehead atoms. The average Bonchev–Trinajstić information content (AvgIpc) is 2.96. The van der Waals surface area contributed by atoms with Gasteiger partial charge in [0, 0.05) is 23.0 Å². The monoisotopic (exact) mass is 192 g/mol. The zero-order valence-electron chi connectivity index (χ0n) is 8.71. The number of hydrogen-bond acceptors (Lipinski definition) is 3. The van der Waals surface area contributed by atoms with Crippen LogP contribution in [0.15, 0.2) is 12.3 Å². The molecule has 0 saturated heterocycles. The molecule has 0 aromatic carbocycles. The molecule has 1 heterocycles. The number of aryl methyl sites for hydroxylation is 1. The van der Waals surface area contributed by atoms with E-state index in [2.05, 4.69) is 11.9 Å². The molecule has 1 aromatic heterocycles. The lowest BCUT2D eigenvalue weighted by Crippen LogP contribution is -2.22. The van der Waals surface area contributed by atoms with Crippen molar-refractivity contribution in [1.82, 2.24) is 4.98 Å². The van der Waals surface area contributed by atoms with E-state index < -0.39 is 0 Å². The molecule has 1 aliphatic carbocycles. The second kappa shape index (κ2) is 3.24. The first-order valence-corrected chi connectivity index (χ1v) is 5.02. The second-order valence-corrected chi connectivity index (χ2v) is 3.84. The largest absolute Gasteiger partial charge is 0.496 e. The first-order valence-electron chi connectivity index (χ1n) is 5.02. The Bertz CT molecular complexity index is 323. The van der Waals surface area contributed by atoms with Crippen molar-refractivity contribution < 1.29 is 4.74 Å². The van der Waals surface area contributed by atoms with Crippen molar-refractivity contribution in [3.8, 4) is 5.75 Å². The van der Waals surface area contributed by atoms with Crippen LogP contribution in [0.5, 0.6) is 5.75 Å². The lowest BCUT2D eigenvalue weighted by Gasteiger charge is -2.17. The predicted octanol–water partition coefficient (Wildman–Crippen LogP) is 1.60. The summed E-state index contributed by atoms with van der Waals surface area (Å²) in [5.74, 6) is 0.886. The van der Waals surface area contributed by atoms with Gasteiger partial charge in [-0.2, -0.15) is 0 Å². The van der Waals surface area contributed by atoms with Crippen molar-refractivity contribution in [2.45, 2.75) is 31.7 Å². The third kappa shape index (κ3) is 1.38. The van der Waals surface area contributed by atoms with E-state index in [9.17, 15) is 0 Å². The minimum atomic E-state index is -0.162. The molecule has 1 fully saturated rings. The van der Waals surface area contributed by atoms with Crippen molar-refractivity contribution in [3.05, 3.63) is 23.5 Å². The highest BCUT2D eigenvalue weighted by molar-refractivity contribution is 5.44. The summed E-state index contributed by atoms with van der Waals surface area (Å²) in [4.78, 5) is 4.35. The zero-order valence-corrected chi connectivity index (χ0v) is 8.71. The third-order valence-electron chi connectivity index (χ3n) is 2.83. The average molecular weight is 192 g/mol. The molecule has 76 valence electrons. The van der Waals surface area contributed by atoms with E-state index in [1.54, 1.807) is 13.3 Å². The molecule has 0 unspecified atom stereocenters. The summed E-state index contributed by atoms with van der Waals surface area (Å²) in [5, 5.41) is 0.